The van der Waals surface area contributed by atoms with E-state index in [0.29, 0.717) is 23.2 Å². The highest BCUT2D eigenvalue weighted by Gasteiger charge is 2.20. The van der Waals surface area contributed by atoms with E-state index in [1.165, 1.54) is 31.7 Å². The molecule has 1 aliphatic rings. The van der Waals surface area contributed by atoms with E-state index in [4.69, 9.17) is 11.6 Å². The minimum absolute atomic E-state index is 0.176. The number of nitrogens with one attached hydrogen (secondary N) is 1. The van der Waals surface area contributed by atoms with Crippen LogP contribution in [0.3, 0.4) is 0 Å². The molecule has 0 aliphatic heterocycles. The smallest absolute Gasteiger partial charge is 0.127 e. The lowest BCUT2D eigenvalue weighted by Crippen LogP contribution is -2.33. The van der Waals surface area contributed by atoms with Crippen LogP contribution in [0.25, 0.3) is 0 Å². The molecule has 0 bridgehead atoms. The normalized spacial score (nSPS) is 24.2. The van der Waals surface area contributed by atoms with E-state index >= 15 is 0 Å². The molecule has 0 aromatic heterocycles. The van der Waals surface area contributed by atoms with E-state index in [1.54, 1.807) is 12.1 Å². The predicted molar refractivity (Wildman–Crippen MR) is 77.8 cm³/mol. The van der Waals surface area contributed by atoms with E-state index in [9.17, 15) is 4.39 Å². The van der Waals surface area contributed by atoms with Gasteiger partial charge in [-0.2, -0.15) is 11.8 Å². The summed E-state index contributed by atoms with van der Waals surface area (Å²) < 4.78 is 13.5. The van der Waals surface area contributed by atoms with Crippen molar-refractivity contribution in [2.24, 2.45) is 0 Å². The average molecular weight is 288 g/mol. The van der Waals surface area contributed by atoms with Crippen LogP contribution in [0, 0.1) is 5.82 Å². The van der Waals surface area contributed by atoms with Crippen LogP contribution < -0.4 is 5.32 Å². The molecule has 1 nitrogen and oxygen atoms in total. The van der Waals surface area contributed by atoms with Crippen LogP contribution in [-0.4, -0.2) is 17.5 Å². The van der Waals surface area contributed by atoms with E-state index in [1.807, 2.05) is 11.8 Å². The molecule has 100 valence electrons. The van der Waals surface area contributed by atoms with Crippen molar-refractivity contribution in [3.63, 3.8) is 0 Å². The Balaban J connectivity index is 1.83. The first-order valence-electron chi connectivity index (χ1n) is 6.39. The Morgan fingerprint density at radius 2 is 2.06 bits per heavy atom. The Morgan fingerprint density at radius 1 is 1.33 bits per heavy atom. The molecule has 2 rings (SSSR count). The molecule has 1 aromatic carbocycles. The molecule has 1 N–H and O–H groups in total. The molecule has 0 atom stereocenters. The standard InChI is InChI=1S/C14H19ClFNS/c1-18-13-5-3-12(4-6-13)17-9-10-8-11(15)2-7-14(10)16/h2,7-8,12-13,17H,3-6,9H2,1H3. The van der Waals surface area contributed by atoms with E-state index < -0.39 is 0 Å². The minimum Gasteiger partial charge on any atom is -0.310 e. The molecule has 0 spiro atoms. The maximum Gasteiger partial charge on any atom is 0.127 e. The summed E-state index contributed by atoms with van der Waals surface area (Å²) in [4.78, 5) is 0. The second kappa shape index (κ2) is 6.78. The van der Waals surface area contributed by atoms with Gasteiger partial charge in [0.15, 0.2) is 0 Å². The van der Waals surface area contributed by atoms with Gasteiger partial charge in [-0.25, -0.2) is 4.39 Å². The molecule has 1 fully saturated rings. The Hall–Kier alpha value is -0.250. The molecule has 4 heteroatoms. The highest BCUT2D eigenvalue weighted by Crippen LogP contribution is 2.27. The van der Waals surface area contributed by atoms with Crippen molar-refractivity contribution in [2.45, 2.75) is 43.5 Å². The van der Waals surface area contributed by atoms with Gasteiger partial charge in [0, 0.05) is 28.4 Å². The lowest BCUT2D eigenvalue weighted by Gasteiger charge is -2.28. The van der Waals surface area contributed by atoms with Crippen molar-refractivity contribution in [2.75, 3.05) is 6.26 Å². The molecule has 1 aromatic rings. The summed E-state index contributed by atoms with van der Waals surface area (Å²) in [5.41, 5.74) is 0.662. The molecule has 0 radical (unpaired) electrons. The fraction of sp³-hybridized carbons (Fsp3) is 0.571. The second-order valence-corrected chi connectivity index (χ2v) is 6.40. The summed E-state index contributed by atoms with van der Waals surface area (Å²) in [7, 11) is 0. The lowest BCUT2D eigenvalue weighted by atomic mass is 9.95. The average Bonchev–Trinajstić information content (AvgIpc) is 2.40. The first-order chi connectivity index (χ1) is 8.69. The molecular formula is C14H19ClFNS. The van der Waals surface area contributed by atoms with Gasteiger partial charge in [0.2, 0.25) is 0 Å². The highest BCUT2D eigenvalue weighted by molar-refractivity contribution is 7.99. The lowest BCUT2D eigenvalue weighted by molar-refractivity contribution is 0.376. The molecule has 0 unspecified atom stereocenters. The molecule has 0 amide bonds. The van der Waals surface area contributed by atoms with Gasteiger partial charge < -0.3 is 5.32 Å². The van der Waals surface area contributed by atoms with Crippen LogP contribution in [0.2, 0.25) is 5.02 Å². The van der Waals surface area contributed by atoms with Gasteiger partial charge in [0.05, 0.1) is 0 Å². The number of rotatable bonds is 4. The van der Waals surface area contributed by atoms with E-state index in [0.717, 1.165) is 5.25 Å². The van der Waals surface area contributed by atoms with Gasteiger partial charge in [0.1, 0.15) is 5.82 Å². The fourth-order valence-corrected chi connectivity index (χ4v) is 3.37. The third-order valence-electron chi connectivity index (χ3n) is 3.60. The summed E-state index contributed by atoms with van der Waals surface area (Å²) in [6.45, 7) is 0.570. The van der Waals surface area contributed by atoms with Gasteiger partial charge in [-0.15, -0.1) is 0 Å². The van der Waals surface area contributed by atoms with Gasteiger partial charge >= 0.3 is 0 Å². The van der Waals surface area contributed by atoms with Crippen molar-refractivity contribution in [1.82, 2.24) is 5.32 Å². The van der Waals surface area contributed by atoms with Gasteiger partial charge in [-0.05, 0) is 50.1 Å². The van der Waals surface area contributed by atoms with Gasteiger partial charge in [-0.1, -0.05) is 11.6 Å². The van der Waals surface area contributed by atoms with Crippen LogP contribution in [0.4, 0.5) is 4.39 Å². The molecule has 0 heterocycles. The Morgan fingerprint density at radius 3 is 2.72 bits per heavy atom. The Labute approximate surface area is 117 Å². The molecular weight excluding hydrogens is 269 g/mol. The van der Waals surface area contributed by atoms with Crippen molar-refractivity contribution >= 4 is 23.4 Å². The van der Waals surface area contributed by atoms with Gasteiger partial charge in [0.25, 0.3) is 0 Å². The zero-order chi connectivity index (χ0) is 13.0. The number of halogens is 2. The third-order valence-corrected chi connectivity index (χ3v) is 4.97. The summed E-state index contributed by atoms with van der Waals surface area (Å²) in [5, 5.41) is 4.85. The van der Waals surface area contributed by atoms with E-state index in [-0.39, 0.29) is 5.82 Å². The molecule has 1 aliphatic carbocycles. The quantitative estimate of drug-likeness (QED) is 0.889. The summed E-state index contributed by atoms with van der Waals surface area (Å²) in [6.07, 6.45) is 7.08. The number of thioether (sulfide) groups is 1. The maximum absolute atomic E-state index is 13.5. The van der Waals surface area contributed by atoms with Crippen molar-refractivity contribution < 1.29 is 4.39 Å². The first kappa shape index (κ1) is 14.2. The third kappa shape index (κ3) is 3.87. The summed E-state index contributed by atoms with van der Waals surface area (Å²) in [6, 6.07) is 5.25. The maximum atomic E-state index is 13.5. The van der Waals surface area contributed by atoms with Crippen LogP contribution in [-0.2, 0) is 6.54 Å². The zero-order valence-electron chi connectivity index (χ0n) is 10.6. The fourth-order valence-electron chi connectivity index (χ4n) is 2.44. The van der Waals surface area contributed by atoms with Crippen LogP contribution in [0.1, 0.15) is 31.2 Å². The summed E-state index contributed by atoms with van der Waals surface area (Å²) >= 11 is 7.84. The Bertz CT molecular complexity index is 391. The largest absolute Gasteiger partial charge is 0.310 e. The van der Waals surface area contributed by atoms with Crippen LogP contribution in [0.15, 0.2) is 18.2 Å². The Kier molecular flexibility index (Phi) is 5.34. The van der Waals surface area contributed by atoms with Crippen LogP contribution >= 0.6 is 23.4 Å². The van der Waals surface area contributed by atoms with Gasteiger partial charge in [-0.3, -0.25) is 0 Å². The van der Waals surface area contributed by atoms with Crippen molar-refractivity contribution in [3.8, 4) is 0 Å². The molecule has 0 saturated heterocycles. The molecule has 1 saturated carbocycles. The number of hydrogen-bond donors (Lipinski definition) is 1. The van der Waals surface area contributed by atoms with E-state index in [2.05, 4.69) is 11.6 Å². The second-order valence-electron chi connectivity index (χ2n) is 4.83. The SMILES string of the molecule is CSC1CCC(NCc2cc(Cl)ccc2F)CC1. The van der Waals surface area contributed by atoms with Crippen LogP contribution in [0.5, 0.6) is 0 Å². The highest BCUT2D eigenvalue weighted by atomic mass is 35.5. The monoisotopic (exact) mass is 287 g/mol. The number of benzene rings is 1. The zero-order valence-corrected chi connectivity index (χ0v) is 12.2. The first-order valence-corrected chi connectivity index (χ1v) is 8.05. The number of hydrogen-bond acceptors (Lipinski definition) is 2. The van der Waals surface area contributed by atoms with Crippen molar-refractivity contribution in [1.29, 1.82) is 0 Å². The molecule has 18 heavy (non-hydrogen) atoms. The summed E-state index contributed by atoms with van der Waals surface area (Å²) in [5.74, 6) is -0.176. The topological polar surface area (TPSA) is 12.0 Å². The minimum atomic E-state index is -0.176. The predicted octanol–water partition coefficient (Wildman–Crippen LogP) is 4.24. The van der Waals surface area contributed by atoms with Crippen molar-refractivity contribution in [3.05, 3.63) is 34.6 Å².